The van der Waals surface area contributed by atoms with Crippen LogP contribution in [0.4, 0.5) is 14.9 Å². The fourth-order valence-corrected chi connectivity index (χ4v) is 2.97. The number of methoxy groups -OCH3 is 1. The SMILES string of the molecule is COc1cccc(NC(=O)N2CCCC2c2cccc(F)c2)c1. The standard InChI is InChI=1S/C18H19FN2O2/c1-23-16-8-3-7-15(12-16)20-18(22)21-10-4-9-17(21)13-5-2-6-14(19)11-13/h2-3,5-8,11-12,17H,4,9-10H2,1H3,(H,20,22). The number of carbonyl (C=O) groups is 1. The summed E-state index contributed by atoms with van der Waals surface area (Å²) >= 11 is 0. The number of anilines is 1. The molecule has 3 rings (SSSR count). The van der Waals surface area contributed by atoms with Gasteiger partial charge in [-0.15, -0.1) is 0 Å². The average molecular weight is 314 g/mol. The maximum absolute atomic E-state index is 13.4. The van der Waals surface area contributed by atoms with E-state index in [2.05, 4.69) is 5.32 Å². The minimum absolute atomic E-state index is 0.0868. The van der Waals surface area contributed by atoms with Crippen LogP contribution in [0.2, 0.25) is 0 Å². The summed E-state index contributed by atoms with van der Waals surface area (Å²) in [7, 11) is 1.58. The van der Waals surface area contributed by atoms with Crippen molar-refractivity contribution in [1.82, 2.24) is 4.90 Å². The number of benzene rings is 2. The first-order valence-electron chi connectivity index (χ1n) is 7.64. The third-order valence-electron chi connectivity index (χ3n) is 4.07. The molecule has 0 saturated carbocycles. The van der Waals surface area contributed by atoms with Crippen molar-refractivity contribution in [2.45, 2.75) is 18.9 Å². The van der Waals surface area contributed by atoms with Crippen molar-refractivity contribution in [2.75, 3.05) is 19.0 Å². The summed E-state index contributed by atoms with van der Waals surface area (Å²) in [6, 6.07) is 13.4. The number of nitrogens with one attached hydrogen (secondary N) is 1. The molecule has 2 aromatic carbocycles. The molecule has 4 nitrogen and oxygen atoms in total. The number of hydrogen-bond acceptors (Lipinski definition) is 2. The summed E-state index contributed by atoms with van der Waals surface area (Å²) in [6.45, 7) is 0.664. The highest BCUT2D eigenvalue weighted by Crippen LogP contribution is 2.32. The number of halogens is 1. The quantitative estimate of drug-likeness (QED) is 0.922. The lowest BCUT2D eigenvalue weighted by atomic mass is 10.0. The van der Waals surface area contributed by atoms with Gasteiger partial charge in [0.2, 0.25) is 0 Å². The number of nitrogens with zero attached hydrogens (tertiary/aromatic N) is 1. The molecule has 23 heavy (non-hydrogen) atoms. The third-order valence-corrected chi connectivity index (χ3v) is 4.07. The molecule has 1 unspecified atom stereocenters. The van der Waals surface area contributed by atoms with E-state index < -0.39 is 0 Å². The lowest BCUT2D eigenvalue weighted by Gasteiger charge is -2.25. The van der Waals surface area contributed by atoms with Gasteiger partial charge in [0.15, 0.2) is 0 Å². The molecule has 1 atom stereocenters. The average Bonchev–Trinajstić information content (AvgIpc) is 3.05. The maximum Gasteiger partial charge on any atom is 0.322 e. The Hall–Kier alpha value is -2.56. The summed E-state index contributed by atoms with van der Waals surface area (Å²) in [6.07, 6.45) is 1.75. The van der Waals surface area contributed by atoms with Gasteiger partial charge >= 0.3 is 6.03 Å². The zero-order valence-corrected chi connectivity index (χ0v) is 13.0. The zero-order chi connectivity index (χ0) is 16.2. The van der Waals surface area contributed by atoms with Crippen LogP contribution >= 0.6 is 0 Å². The second kappa shape index (κ2) is 6.69. The Morgan fingerprint density at radius 2 is 2.09 bits per heavy atom. The van der Waals surface area contributed by atoms with Crippen LogP contribution < -0.4 is 10.1 Å². The molecule has 1 fully saturated rings. The van der Waals surface area contributed by atoms with Crippen LogP contribution in [0.3, 0.4) is 0 Å². The predicted octanol–water partition coefficient (Wildman–Crippen LogP) is 4.20. The largest absolute Gasteiger partial charge is 0.497 e. The molecule has 1 aliphatic rings. The normalized spacial score (nSPS) is 17.1. The van der Waals surface area contributed by atoms with Gasteiger partial charge in [-0.05, 0) is 42.7 Å². The molecular formula is C18H19FN2O2. The molecule has 0 spiro atoms. The third kappa shape index (κ3) is 3.44. The maximum atomic E-state index is 13.4. The van der Waals surface area contributed by atoms with Crippen LogP contribution in [-0.4, -0.2) is 24.6 Å². The Balaban J connectivity index is 1.75. The lowest BCUT2D eigenvalue weighted by molar-refractivity contribution is 0.207. The molecule has 0 aromatic heterocycles. The smallest absolute Gasteiger partial charge is 0.322 e. The molecule has 120 valence electrons. The first kappa shape index (κ1) is 15.3. The molecule has 2 aromatic rings. The fourth-order valence-electron chi connectivity index (χ4n) is 2.97. The molecule has 5 heteroatoms. The summed E-state index contributed by atoms with van der Waals surface area (Å²) in [5.74, 6) is 0.411. The van der Waals surface area contributed by atoms with Gasteiger partial charge in [0.25, 0.3) is 0 Å². The van der Waals surface area contributed by atoms with Crippen molar-refractivity contribution in [3.05, 3.63) is 59.9 Å². The number of urea groups is 1. The van der Waals surface area contributed by atoms with Gasteiger partial charge in [0.1, 0.15) is 11.6 Å². The van der Waals surface area contributed by atoms with E-state index in [1.54, 1.807) is 24.1 Å². The second-order valence-electron chi connectivity index (χ2n) is 5.57. The summed E-state index contributed by atoms with van der Waals surface area (Å²) in [4.78, 5) is 14.3. The van der Waals surface area contributed by atoms with Crippen molar-refractivity contribution in [3.8, 4) is 5.75 Å². The fraction of sp³-hybridized carbons (Fsp3) is 0.278. The Kier molecular flexibility index (Phi) is 4.46. The van der Waals surface area contributed by atoms with Gasteiger partial charge in [0, 0.05) is 18.3 Å². The molecule has 1 saturated heterocycles. The van der Waals surface area contributed by atoms with Gasteiger partial charge in [-0.25, -0.2) is 9.18 Å². The van der Waals surface area contributed by atoms with E-state index in [-0.39, 0.29) is 17.9 Å². The number of rotatable bonds is 3. The first-order chi connectivity index (χ1) is 11.2. The minimum Gasteiger partial charge on any atom is -0.497 e. The van der Waals surface area contributed by atoms with Crippen LogP contribution in [0.25, 0.3) is 0 Å². The Morgan fingerprint density at radius 3 is 2.87 bits per heavy atom. The second-order valence-corrected chi connectivity index (χ2v) is 5.57. The van der Waals surface area contributed by atoms with Crippen LogP contribution in [0, 0.1) is 5.82 Å². The van der Waals surface area contributed by atoms with E-state index in [0.717, 1.165) is 18.4 Å². The van der Waals surface area contributed by atoms with Gasteiger partial charge in [-0.1, -0.05) is 18.2 Å². The number of hydrogen-bond donors (Lipinski definition) is 1. The van der Waals surface area contributed by atoms with Crippen LogP contribution in [0.1, 0.15) is 24.4 Å². The summed E-state index contributed by atoms with van der Waals surface area (Å²) in [5, 5.41) is 2.89. The molecule has 0 bridgehead atoms. The highest BCUT2D eigenvalue weighted by atomic mass is 19.1. The van der Waals surface area contributed by atoms with Crippen molar-refractivity contribution in [1.29, 1.82) is 0 Å². The van der Waals surface area contributed by atoms with Gasteiger partial charge in [-0.2, -0.15) is 0 Å². The lowest BCUT2D eigenvalue weighted by Crippen LogP contribution is -2.34. The van der Waals surface area contributed by atoms with E-state index in [1.165, 1.54) is 12.1 Å². The highest BCUT2D eigenvalue weighted by Gasteiger charge is 2.30. The summed E-state index contributed by atoms with van der Waals surface area (Å²) in [5.41, 5.74) is 1.52. The molecule has 2 amide bonds. The van der Waals surface area contributed by atoms with E-state index in [0.29, 0.717) is 18.0 Å². The monoisotopic (exact) mass is 314 g/mol. The first-order valence-corrected chi connectivity index (χ1v) is 7.64. The number of likely N-dealkylation sites (tertiary alicyclic amines) is 1. The molecule has 0 aliphatic carbocycles. The predicted molar refractivity (Wildman–Crippen MR) is 87.1 cm³/mol. The van der Waals surface area contributed by atoms with E-state index >= 15 is 0 Å². The zero-order valence-electron chi connectivity index (χ0n) is 13.0. The highest BCUT2D eigenvalue weighted by molar-refractivity contribution is 5.90. The number of carbonyl (C=O) groups excluding carboxylic acids is 1. The Morgan fingerprint density at radius 1 is 1.26 bits per heavy atom. The molecule has 1 N–H and O–H groups in total. The minimum atomic E-state index is -0.275. The van der Waals surface area contributed by atoms with Crippen molar-refractivity contribution in [2.24, 2.45) is 0 Å². The van der Waals surface area contributed by atoms with Crippen LogP contribution in [0.5, 0.6) is 5.75 Å². The van der Waals surface area contributed by atoms with Crippen LogP contribution in [0.15, 0.2) is 48.5 Å². The number of amides is 2. The van der Waals surface area contributed by atoms with Crippen molar-refractivity contribution in [3.63, 3.8) is 0 Å². The Bertz CT molecular complexity index is 705. The van der Waals surface area contributed by atoms with E-state index in [1.807, 2.05) is 24.3 Å². The van der Waals surface area contributed by atoms with Gasteiger partial charge in [0.05, 0.1) is 13.2 Å². The molecule has 1 heterocycles. The molecule has 1 aliphatic heterocycles. The van der Waals surface area contributed by atoms with Crippen molar-refractivity contribution < 1.29 is 13.9 Å². The van der Waals surface area contributed by atoms with E-state index in [4.69, 9.17) is 4.74 Å². The Labute approximate surface area is 134 Å². The van der Waals surface area contributed by atoms with Crippen molar-refractivity contribution >= 4 is 11.7 Å². The van der Waals surface area contributed by atoms with Gasteiger partial charge in [-0.3, -0.25) is 0 Å². The van der Waals surface area contributed by atoms with E-state index in [9.17, 15) is 9.18 Å². The molecular weight excluding hydrogens is 295 g/mol. The van der Waals surface area contributed by atoms with Gasteiger partial charge < -0.3 is 15.0 Å². The van der Waals surface area contributed by atoms with Crippen LogP contribution in [-0.2, 0) is 0 Å². The molecule has 0 radical (unpaired) electrons. The topological polar surface area (TPSA) is 41.6 Å². The number of ether oxygens (including phenoxy) is 1. The summed E-state index contributed by atoms with van der Waals surface area (Å²) < 4.78 is 18.6.